The summed E-state index contributed by atoms with van der Waals surface area (Å²) < 4.78 is 11.7. The molecule has 5 nitrogen and oxygen atoms in total. The Labute approximate surface area is 155 Å². The Bertz CT molecular complexity index is 1230. The van der Waals surface area contributed by atoms with Gasteiger partial charge in [-0.25, -0.2) is 4.79 Å². The van der Waals surface area contributed by atoms with E-state index in [0.29, 0.717) is 34.1 Å². The summed E-state index contributed by atoms with van der Waals surface area (Å²) in [5, 5.41) is 12.6. The van der Waals surface area contributed by atoms with Crippen LogP contribution in [0.15, 0.2) is 44.0 Å². The Morgan fingerprint density at radius 3 is 2.63 bits per heavy atom. The highest BCUT2D eigenvalue weighted by Gasteiger charge is 2.23. The van der Waals surface area contributed by atoms with Crippen LogP contribution in [0.5, 0.6) is 5.75 Å². The lowest BCUT2D eigenvalue weighted by Gasteiger charge is -2.27. The summed E-state index contributed by atoms with van der Waals surface area (Å²) in [6.45, 7) is 4.49. The monoisotopic (exact) mass is 363 g/mol. The number of hydrogen-bond donors (Lipinski definition) is 1. The predicted molar refractivity (Wildman–Crippen MR) is 105 cm³/mol. The quantitative estimate of drug-likeness (QED) is 0.523. The van der Waals surface area contributed by atoms with E-state index in [-0.39, 0.29) is 5.75 Å². The van der Waals surface area contributed by atoms with Crippen molar-refractivity contribution in [1.82, 2.24) is 4.90 Å². The minimum atomic E-state index is -0.424. The van der Waals surface area contributed by atoms with Gasteiger partial charge in [0.2, 0.25) is 0 Å². The molecule has 3 heterocycles. The third kappa shape index (κ3) is 2.53. The normalized spacial score (nSPS) is 15.9. The topological polar surface area (TPSA) is 66.8 Å². The van der Waals surface area contributed by atoms with E-state index in [1.807, 2.05) is 25.1 Å². The molecule has 2 aromatic carbocycles. The molecule has 5 heteroatoms. The van der Waals surface area contributed by atoms with Crippen LogP contribution in [0.25, 0.3) is 32.9 Å². The smallest absolute Gasteiger partial charge is 0.348 e. The van der Waals surface area contributed by atoms with E-state index < -0.39 is 5.63 Å². The van der Waals surface area contributed by atoms with Gasteiger partial charge in [0, 0.05) is 17.5 Å². The van der Waals surface area contributed by atoms with Crippen molar-refractivity contribution < 1.29 is 13.9 Å². The zero-order chi connectivity index (χ0) is 18.5. The first-order valence-corrected chi connectivity index (χ1v) is 9.45. The van der Waals surface area contributed by atoms with Crippen LogP contribution in [0, 0.1) is 6.92 Å². The fraction of sp³-hybridized carbons (Fsp3) is 0.318. The van der Waals surface area contributed by atoms with Gasteiger partial charge >= 0.3 is 5.63 Å². The van der Waals surface area contributed by atoms with Crippen LogP contribution in [0.4, 0.5) is 0 Å². The number of likely N-dealkylation sites (tertiary alicyclic amines) is 1. The molecule has 1 N–H and O–H groups in total. The number of para-hydroxylation sites is 1. The highest BCUT2D eigenvalue weighted by Crippen LogP contribution is 2.39. The van der Waals surface area contributed by atoms with Gasteiger partial charge in [0.1, 0.15) is 22.3 Å². The van der Waals surface area contributed by atoms with E-state index in [2.05, 4.69) is 4.90 Å². The molecule has 0 aliphatic carbocycles. The molecule has 1 aliphatic rings. The maximum atomic E-state index is 12.8. The fourth-order valence-electron chi connectivity index (χ4n) is 4.26. The Kier molecular flexibility index (Phi) is 3.72. The first kappa shape index (κ1) is 16.4. The van der Waals surface area contributed by atoms with Crippen LogP contribution in [-0.4, -0.2) is 23.1 Å². The number of phenols is 1. The largest absolute Gasteiger partial charge is 0.508 e. The number of benzene rings is 2. The molecule has 1 fully saturated rings. The van der Waals surface area contributed by atoms with E-state index in [4.69, 9.17) is 8.83 Å². The van der Waals surface area contributed by atoms with E-state index >= 15 is 0 Å². The van der Waals surface area contributed by atoms with Crippen molar-refractivity contribution in [3.05, 3.63) is 51.9 Å². The van der Waals surface area contributed by atoms with Gasteiger partial charge in [0.25, 0.3) is 0 Å². The number of aryl methyl sites for hydroxylation is 1. The Morgan fingerprint density at radius 2 is 1.81 bits per heavy atom. The van der Waals surface area contributed by atoms with Gasteiger partial charge in [-0.1, -0.05) is 18.6 Å². The average molecular weight is 363 g/mol. The third-order valence-corrected chi connectivity index (χ3v) is 5.60. The number of nitrogens with zero attached hydrogens (tertiary/aromatic N) is 1. The summed E-state index contributed by atoms with van der Waals surface area (Å²) in [6.07, 6.45) is 3.57. The predicted octanol–water partition coefficient (Wildman–Crippen LogP) is 4.69. The van der Waals surface area contributed by atoms with Crippen LogP contribution < -0.4 is 5.63 Å². The zero-order valence-electron chi connectivity index (χ0n) is 15.2. The molecule has 138 valence electrons. The van der Waals surface area contributed by atoms with Crippen molar-refractivity contribution in [3.63, 3.8) is 0 Å². The van der Waals surface area contributed by atoms with E-state index in [1.165, 1.54) is 6.42 Å². The zero-order valence-corrected chi connectivity index (χ0v) is 15.2. The second-order valence-electron chi connectivity index (χ2n) is 7.42. The van der Waals surface area contributed by atoms with E-state index in [9.17, 15) is 9.90 Å². The molecule has 2 aromatic heterocycles. The first-order valence-electron chi connectivity index (χ1n) is 9.45. The van der Waals surface area contributed by atoms with Crippen LogP contribution in [0.3, 0.4) is 0 Å². The van der Waals surface area contributed by atoms with Crippen LogP contribution in [0.1, 0.15) is 30.4 Å². The molecule has 0 amide bonds. The molecule has 1 aliphatic heterocycles. The third-order valence-electron chi connectivity index (χ3n) is 5.60. The van der Waals surface area contributed by atoms with Crippen LogP contribution >= 0.6 is 0 Å². The lowest BCUT2D eigenvalue weighted by atomic mass is 10.0. The second-order valence-corrected chi connectivity index (χ2v) is 7.42. The number of furan rings is 1. The molecular formula is C22H21NO4. The van der Waals surface area contributed by atoms with Gasteiger partial charge in [-0.2, -0.15) is 0 Å². The summed E-state index contributed by atoms with van der Waals surface area (Å²) in [7, 11) is 0. The van der Waals surface area contributed by atoms with Crippen molar-refractivity contribution in [2.75, 3.05) is 13.1 Å². The molecule has 0 atom stereocenters. The summed E-state index contributed by atoms with van der Waals surface area (Å²) in [5.41, 5.74) is 2.83. The lowest BCUT2D eigenvalue weighted by molar-refractivity contribution is 0.219. The van der Waals surface area contributed by atoms with Gasteiger partial charge in [0.15, 0.2) is 5.58 Å². The number of hydrogen-bond acceptors (Lipinski definition) is 5. The van der Waals surface area contributed by atoms with Crippen molar-refractivity contribution in [3.8, 4) is 5.75 Å². The molecule has 1 saturated heterocycles. The molecular weight excluding hydrogens is 342 g/mol. The van der Waals surface area contributed by atoms with Gasteiger partial charge in [0.05, 0.1) is 5.39 Å². The lowest BCUT2D eigenvalue weighted by Crippen LogP contribution is -2.29. The Balaban J connectivity index is 1.85. The maximum absolute atomic E-state index is 12.8. The summed E-state index contributed by atoms with van der Waals surface area (Å²) in [6, 6.07) is 9.12. The maximum Gasteiger partial charge on any atom is 0.348 e. The van der Waals surface area contributed by atoms with Crippen molar-refractivity contribution in [1.29, 1.82) is 0 Å². The Hall–Kier alpha value is -2.79. The van der Waals surface area contributed by atoms with E-state index in [1.54, 1.807) is 12.1 Å². The van der Waals surface area contributed by atoms with Crippen molar-refractivity contribution in [2.45, 2.75) is 32.7 Å². The van der Waals surface area contributed by atoms with Crippen LogP contribution in [0.2, 0.25) is 0 Å². The average Bonchev–Trinajstić information content (AvgIpc) is 3.08. The molecule has 0 radical (unpaired) electrons. The number of phenolic OH excluding ortho intramolecular Hbond substituents is 1. The summed E-state index contributed by atoms with van der Waals surface area (Å²) in [5.74, 6) is 0.209. The SMILES string of the molecule is Cc1cc(O)c(CN2CCCCC2)c2c1oc1c3ccccc3oc(=O)c12. The van der Waals surface area contributed by atoms with Gasteiger partial charge < -0.3 is 13.9 Å². The Morgan fingerprint density at radius 1 is 1.04 bits per heavy atom. The van der Waals surface area contributed by atoms with Gasteiger partial charge in [-0.3, -0.25) is 4.90 Å². The number of aromatic hydroxyl groups is 1. The molecule has 0 unspecified atom stereocenters. The number of fused-ring (bicyclic) bond motifs is 5. The summed E-state index contributed by atoms with van der Waals surface area (Å²) in [4.78, 5) is 15.1. The standard InChI is InChI=1S/C22H21NO4/c1-13-11-16(24)15(12-23-9-5-2-6-10-23)18-19-21(27-20(13)18)14-7-3-4-8-17(14)26-22(19)25/h3-4,7-8,11,24H,2,5-6,9-10,12H2,1H3. The second kappa shape index (κ2) is 6.13. The van der Waals surface area contributed by atoms with Gasteiger partial charge in [-0.05, 0) is 56.6 Å². The number of piperidine rings is 1. The molecule has 0 saturated carbocycles. The molecule has 0 spiro atoms. The van der Waals surface area contributed by atoms with Crippen molar-refractivity contribution in [2.24, 2.45) is 0 Å². The van der Waals surface area contributed by atoms with E-state index in [0.717, 1.165) is 42.4 Å². The minimum absolute atomic E-state index is 0.209. The fourth-order valence-corrected chi connectivity index (χ4v) is 4.26. The molecule has 0 bridgehead atoms. The highest BCUT2D eigenvalue weighted by atomic mass is 16.4. The number of rotatable bonds is 2. The van der Waals surface area contributed by atoms with Crippen molar-refractivity contribution >= 4 is 32.9 Å². The molecule has 27 heavy (non-hydrogen) atoms. The van der Waals surface area contributed by atoms with Gasteiger partial charge in [-0.15, -0.1) is 0 Å². The van der Waals surface area contributed by atoms with Crippen LogP contribution in [-0.2, 0) is 6.54 Å². The molecule has 4 aromatic rings. The summed E-state index contributed by atoms with van der Waals surface area (Å²) >= 11 is 0. The highest BCUT2D eigenvalue weighted by molar-refractivity contribution is 6.15. The minimum Gasteiger partial charge on any atom is -0.508 e. The first-order chi connectivity index (χ1) is 13.1. The molecule has 5 rings (SSSR count).